The Morgan fingerprint density at radius 1 is 1.47 bits per heavy atom. The lowest BCUT2D eigenvalue weighted by molar-refractivity contribution is 0.560. The van der Waals surface area contributed by atoms with Crippen LogP contribution in [0.15, 0.2) is 12.3 Å². The van der Waals surface area contributed by atoms with E-state index in [1.165, 1.54) is 0 Å². The van der Waals surface area contributed by atoms with E-state index in [4.69, 9.17) is 0 Å². The molecule has 0 aliphatic heterocycles. The molecule has 17 heavy (non-hydrogen) atoms. The standard InChI is InChI=1S/C13H22FN3/c1-5-10(3)17(6-2)13-12(14)11(9-15-4)7-8-16-13/h7-8,10,15H,5-6,9H2,1-4H3. The van der Waals surface area contributed by atoms with E-state index in [9.17, 15) is 4.39 Å². The SMILES string of the molecule is CCC(C)N(CC)c1nccc(CNC)c1F. The number of nitrogens with zero attached hydrogens (tertiary/aromatic N) is 2. The van der Waals surface area contributed by atoms with Crippen molar-refractivity contribution in [3.05, 3.63) is 23.6 Å². The second-order valence-corrected chi connectivity index (χ2v) is 4.18. The van der Waals surface area contributed by atoms with Crippen LogP contribution in [0.1, 0.15) is 32.8 Å². The third-order valence-corrected chi connectivity index (χ3v) is 3.05. The molecule has 1 aromatic heterocycles. The van der Waals surface area contributed by atoms with Crippen LogP contribution in [-0.4, -0.2) is 24.6 Å². The van der Waals surface area contributed by atoms with Crippen molar-refractivity contribution < 1.29 is 4.39 Å². The highest BCUT2D eigenvalue weighted by atomic mass is 19.1. The summed E-state index contributed by atoms with van der Waals surface area (Å²) in [6, 6.07) is 2.02. The van der Waals surface area contributed by atoms with Crippen LogP contribution in [-0.2, 0) is 6.54 Å². The van der Waals surface area contributed by atoms with E-state index < -0.39 is 0 Å². The molecule has 0 aliphatic carbocycles. The number of halogens is 1. The van der Waals surface area contributed by atoms with Crippen molar-refractivity contribution in [2.75, 3.05) is 18.5 Å². The molecule has 96 valence electrons. The zero-order valence-corrected chi connectivity index (χ0v) is 11.1. The molecule has 1 atom stereocenters. The zero-order valence-electron chi connectivity index (χ0n) is 11.1. The topological polar surface area (TPSA) is 28.2 Å². The van der Waals surface area contributed by atoms with Gasteiger partial charge in [0.15, 0.2) is 11.6 Å². The molecule has 0 amide bonds. The first kappa shape index (κ1) is 13.9. The van der Waals surface area contributed by atoms with E-state index in [0.717, 1.165) is 13.0 Å². The molecule has 0 spiro atoms. The minimum absolute atomic E-state index is 0.205. The van der Waals surface area contributed by atoms with E-state index in [0.29, 0.717) is 24.0 Å². The first-order chi connectivity index (χ1) is 8.15. The Hall–Kier alpha value is -1.16. The Bertz CT molecular complexity index is 355. The molecule has 1 heterocycles. The molecule has 1 aromatic rings. The van der Waals surface area contributed by atoms with Gasteiger partial charge in [0.1, 0.15) is 0 Å². The van der Waals surface area contributed by atoms with Crippen LogP contribution in [0.3, 0.4) is 0 Å². The Morgan fingerprint density at radius 3 is 2.71 bits per heavy atom. The summed E-state index contributed by atoms with van der Waals surface area (Å²) in [6.45, 7) is 7.51. The van der Waals surface area contributed by atoms with Gasteiger partial charge in [-0.15, -0.1) is 0 Å². The highest BCUT2D eigenvalue weighted by molar-refractivity contribution is 5.43. The summed E-state index contributed by atoms with van der Waals surface area (Å²) >= 11 is 0. The average molecular weight is 239 g/mol. The van der Waals surface area contributed by atoms with Crippen molar-refractivity contribution in [2.24, 2.45) is 0 Å². The van der Waals surface area contributed by atoms with Crippen molar-refractivity contribution in [1.29, 1.82) is 0 Å². The largest absolute Gasteiger partial charge is 0.352 e. The Kier molecular flexibility index (Phi) is 5.35. The van der Waals surface area contributed by atoms with E-state index in [2.05, 4.69) is 24.1 Å². The van der Waals surface area contributed by atoms with Crippen LogP contribution in [0.2, 0.25) is 0 Å². The van der Waals surface area contributed by atoms with Gasteiger partial charge in [-0.1, -0.05) is 6.92 Å². The van der Waals surface area contributed by atoms with E-state index >= 15 is 0 Å². The molecular formula is C13H22FN3. The normalized spacial score (nSPS) is 12.5. The fraction of sp³-hybridized carbons (Fsp3) is 0.615. The van der Waals surface area contributed by atoms with Gasteiger partial charge in [-0.05, 0) is 33.4 Å². The lowest BCUT2D eigenvalue weighted by atomic mass is 10.2. The van der Waals surface area contributed by atoms with E-state index in [1.54, 1.807) is 12.3 Å². The lowest BCUT2D eigenvalue weighted by Crippen LogP contribution is -2.34. The summed E-state index contributed by atoms with van der Waals surface area (Å²) in [7, 11) is 1.81. The smallest absolute Gasteiger partial charge is 0.170 e. The number of hydrogen-bond donors (Lipinski definition) is 1. The van der Waals surface area contributed by atoms with Crippen LogP contribution >= 0.6 is 0 Å². The molecule has 4 heteroatoms. The molecule has 0 aromatic carbocycles. The van der Waals surface area contributed by atoms with Crippen LogP contribution in [0.4, 0.5) is 10.2 Å². The van der Waals surface area contributed by atoms with Crippen molar-refractivity contribution in [1.82, 2.24) is 10.3 Å². The summed E-state index contributed by atoms with van der Waals surface area (Å²) in [4.78, 5) is 6.19. The molecule has 1 N–H and O–H groups in total. The van der Waals surface area contributed by atoms with Crippen LogP contribution in [0, 0.1) is 5.82 Å². The maximum Gasteiger partial charge on any atom is 0.170 e. The molecule has 0 aliphatic rings. The summed E-state index contributed by atoms with van der Waals surface area (Å²) in [5.74, 6) is 0.263. The average Bonchev–Trinajstić information content (AvgIpc) is 2.34. The van der Waals surface area contributed by atoms with Crippen molar-refractivity contribution >= 4 is 5.82 Å². The third-order valence-electron chi connectivity index (χ3n) is 3.05. The molecule has 0 bridgehead atoms. The van der Waals surface area contributed by atoms with Gasteiger partial charge >= 0.3 is 0 Å². The van der Waals surface area contributed by atoms with Crippen LogP contribution in [0.5, 0.6) is 0 Å². The number of hydrogen-bond acceptors (Lipinski definition) is 3. The number of nitrogens with one attached hydrogen (secondary N) is 1. The quantitative estimate of drug-likeness (QED) is 0.827. The summed E-state index contributed by atoms with van der Waals surface area (Å²) in [6.07, 6.45) is 2.65. The van der Waals surface area contributed by atoms with Gasteiger partial charge in [-0.25, -0.2) is 9.37 Å². The monoisotopic (exact) mass is 239 g/mol. The summed E-state index contributed by atoms with van der Waals surface area (Å²) in [5.41, 5.74) is 0.666. The molecular weight excluding hydrogens is 217 g/mol. The van der Waals surface area contributed by atoms with E-state index in [1.807, 2.05) is 18.9 Å². The molecule has 1 unspecified atom stereocenters. The fourth-order valence-electron chi connectivity index (χ4n) is 1.89. The molecule has 3 nitrogen and oxygen atoms in total. The zero-order chi connectivity index (χ0) is 12.8. The van der Waals surface area contributed by atoms with Gasteiger partial charge < -0.3 is 10.2 Å². The maximum atomic E-state index is 14.2. The van der Waals surface area contributed by atoms with Gasteiger partial charge in [0.05, 0.1) is 0 Å². The minimum Gasteiger partial charge on any atom is -0.352 e. The minimum atomic E-state index is -0.205. The van der Waals surface area contributed by atoms with Gasteiger partial charge in [0, 0.05) is 30.9 Å². The predicted molar refractivity (Wildman–Crippen MR) is 69.7 cm³/mol. The van der Waals surface area contributed by atoms with Gasteiger partial charge in [-0.3, -0.25) is 0 Å². The number of aromatic nitrogens is 1. The van der Waals surface area contributed by atoms with Crippen molar-refractivity contribution in [3.8, 4) is 0 Å². The fourth-order valence-corrected chi connectivity index (χ4v) is 1.89. The molecule has 0 saturated carbocycles. The Balaban J connectivity index is 3.07. The Morgan fingerprint density at radius 2 is 2.18 bits per heavy atom. The number of pyridine rings is 1. The molecule has 1 rings (SSSR count). The Labute approximate surface area is 103 Å². The van der Waals surface area contributed by atoms with Crippen molar-refractivity contribution in [2.45, 2.75) is 39.8 Å². The molecule has 0 saturated heterocycles. The number of rotatable bonds is 6. The highest BCUT2D eigenvalue weighted by Gasteiger charge is 2.18. The molecule has 0 fully saturated rings. The third kappa shape index (κ3) is 3.16. The number of anilines is 1. The van der Waals surface area contributed by atoms with Gasteiger partial charge in [0.25, 0.3) is 0 Å². The van der Waals surface area contributed by atoms with Crippen LogP contribution < -0.4 is 10.2 Å². The van der Waals surface area contributed by atoms with Gasteiger partial charge in [-0.2, -0.15) is 0 Å². The maximum absolute atomic E-state index is 14.2. The van der Waals surface area contributed by atoms with Crippen molar-refractivity contribution in [3.63, 3.8) is 0 Å². The van der Waals surface area contributed by atoms with E-state index in [-0.39, 0.29) is 5.82 Å². The predicted octanol–water partition coefficient (Wildman–Crippen LogP) is 2.56. The van der Waals surface area contributed by atoms with Crippen LogP contribution in [0.25, 0.3) is 0 Å². The lowest BCUT2D eigenvalue weighted by Gasteiger charge is -2.29. The second kappa shape index (κ2) is 6.55. The summed E-state index contributed by atoms with van der Waals surface area (Å²) in [5, 5.41) is 2.97. The first-order valence-electron chi connectivity index (χ1n) is 6.20. The molecule has 0 radical (unpaired) electrons. The summed E-state index contributed by atoms with van der Waals surface area (Å²) < 4.78 is 14.2. The first-order valence-corrected chi connectivity index (χ1v) is 6.20. The second-order valence-electron chi connectivity index (χ2n) is 4.18. The van der Waals surface area contributed by atoms with Gasteiger partial charge in [0.2, 0.25) is 0 Å². The highest BCUT2D eigenvalue weighted by Crippen LogP contribution is 2.22.